The van der Waals surface area contributed by atoms with Crippen molar-refractivity contribution in [2.45, 2.75) is 39.2 Å². The lowest BCUT2D eigenvalue weighted by atomic mass is 10.1. The van der Waals surface area contributed by atoms with E-state index in [-0.39, 0.29) is 6.10 Å². The summed E-state index contributed by atoms with van der Waals surface area (Å²) in [5.74, 6) is -0.495. The molecule has 2 aromatic rings. The lowest BCUT2D eigenvalue weighted by Crippen LogP contribution is -2.24. The summed E-state index contributed by atoms with van der Waals surface area (Å²) in [5, 5.41) is 8.39. The van der Waals surface area contributed by atoms with E-state index >= 15 is 0 Å². The molecule has 1 atom stereocenters. The number of nitrogens with zero attached hydrogens (tertiary/aromatic N) is 3. The van der Waals surface area contributed by atoms with Crippen LogP contribution in [0.3, 0.4) is 0 Å². The van der Waals surface area contributed by atoms with Gasteiger partial charge in [0.2, 0.25) is 0 Å². The van der Waals surface area contributed by atoms with Gasteiger partial charge >= 0.3 is 0 Å². The predicted octanol–water partition coefficient (Wildman–Crippen LogP) is 2.41. The Morgan fingerprint density at radius 1 is 1.40 bits per heavy atom. The highest BCUT2D eigenvalue weighted by Gasteiger charge is 2.32. The summed E-state index contributed by atoms with van der Waals surface area (Å²) in [6.45, 7) is 7.16. The van der Waals surface area contributed by atoms with Crippen LogP contribution in [0.15, 0.2) is 30.5 Å². The topological polar surface area (TPSA) is 49.2 Å². The van der Waals surface area contributed by atoms with E-state index in [9.17, 15) is 0 Å². The van der Waals surface area contributed by atoms with Gasteiger partial charge in [0.05, 0.1) is 19.3 Å². The highest BCUT2D eigenvalue weighted by atomic mass is 16.7. The third-order valence-electron chi connectivity index (χ3n) is 3.31. The predicted molar refractivity (Wildman–Crippen MR) is 75.1 cm³/mol. The zero-order valence-corrected chi connectivity index (χ0v) is 12.0. The van der Waals surface area contributed by atoms with Crippen molar-refractivity contribution in [3.63, 3.8) is 0 Å². The molecule has 1 unspecified atom stereocenters. The van der Waals surface area contributed by atoms with Gasteiger partial charge in [-0.15, -0.1) is 5.10 Å². The molecular weight excluding hydrogens is 254 g/mol. The first-order valence-electron chi connectivity index (χ1n) is 6.81. The van der Waals surface area contributed by atoms with Crippen molar-refractivity contribution in [1.29, 1.82) is 0 Å². The molecule has 0 spiro atoms. The number of ether oxygens (including phenoxy) is 2. The average Bonchev–Trinajstić information content (AvgIpc) is 2.97. The third-order valence-corrected chi connectivity index (χ3v) is 3.31. The largest absolute Gasteiger partial charge is 0.348 e. The first kappa shape index (κ1) is 13.3. The summed E-state index contributed by atoms with van der Waals surface area (Å²) in [4.78, 5) is 0. The number of aromatic nitrogens is 3. The van der Waals surface area contributed by atoms with Crippen molar-refractivity contribution in [2.75, 3.05) is 6.61 Å². The molecule has 1 fully saturated rings. The second-order valence-corrected chi connectivity index (χ2v) is 5.65. The zero-order chi connectivity index (χ0) is 14.2. The van der Waals surface area contributed by atoms with E-state index < -0.39 is 5.79 Å². The molecule has 3 rings (SSSR count). The van der Waals surface area contributed by atoms with Crippen LogP contribution in [0.1, 0.15) is 19.4 Å². The van der Waals surface area contributed by atoms with Gasteiger partial charge < -0.3 is 9.47 Å². The van der Waals surface area contributed by atoms with Gasteiger partial charge in [-0.2, -0.15) is 0 Å². The number of hydrogen-bond donors (Lipinski definition) is 0. The van der Waals surface area contributed by atoms with Crippen LogP contribution in [0.2, 0.25) is 0 Å². The molecule has 20 heavy (non-hydrogen) atoms. The van der Waals surface area contributed by atoms with Crippen LogP contribution in [-0.4, -0.2) is 33.5 Å². The second-order valence-electron chi connectivity index (χ2n) is 5.65. The molecule has 1 saturated heterocycles. The maximum atomic E-state index is 5.78. The van der Waals surface area contributed by atoms with E-state index in [4.69, 9.17) is 9.47 Å². The van der Waals surface area contributed by atoms with Crippen molar-refractivity contribution in [3.05, 3.63) is 36.0 Å². The maximum Gasteiger partial charge on any atom is 0.163 e. The lowest BCUT2D eigenvalue weighted by Gasteiger charge is -2.16. The highest BCUT2D eigenvalue weighted by molar-refractivity contribution is 5.58. The molecule has 0 aliphatic carbocycles. The van der Waals surface area contributed by atoms with E-state index in [1.165, 1.54) is 5.56 Å². The van der Waals surface area contributed by atoms with Gasteiger partial charge in [0, 0.05) is 5.56 Å². The Morgan fingerprint density at radius 2 is 2.25 bits per heavy atom. The molecule has 5 heteroatoms. The molecular formula is C15H19N3O2. The van der Waals surface area contributed by atoms with Gasteiger partial charge in [-0.1, -0.05) is 29.0 Å². The Bertz CT molecular complexity index is 607. The quantitative estimate of drug-likeness (QED) is 0.861. The van der Waals surface area contributed by atoms with Crippen LogP contribution < -0.4 is 0 Å². The molecule has 1 aromatic carbocycles. The number of aryl methyl sites for hydroxylation is 1. The minimum absolute atomic E-state index is 0.0251. The van der Waals surface area contributed by atoms with Crippen molar-refractivity contribution >= 4 is 0 Å². The molecule has 0 bridgehead atoms. The standard InChI is InChI=1S/C15H19N3O2/c1-11-5-4-6-12(7-11)14-9-18(17-16-14)8-13-10-19-15(2,3)20-13/h4-7,9,13H,8,10H2,1-3H3. The summed E-state index contributed by atoms with van der Waals surface area (Å²) in [6, 6.07) is 8.24. The van der Waals surface area contributed by atoms with E-state index in [1.54, 1.807) is 0 Å². The first-order valence-corrected chi connectivity index (χ1v) is 6.81. The summed E-state index contributed by atoms with van der Waals surface area (Å²) in [5.41, 5.74) is 3.18. The van der Waals surface area contributed by atoms with Crippen LogP contribution in [0.4, 0.5) is 0 Å². The molecule has 0 radical (unpaired) electrons. The smallest absolute Gasteiger partial charge is 0.163 e. The Morgan fingerprint density at radius 3 is 2.95 bits per heavy atom. The minimum atomic E-state index is -0.495. The fourth-order valence-electron chi connectivity index (χ4n) is 2.39. The average molecular weight is 273 g/mol. The fourth-order valence-corrected chi connectivity index (χ4v) is 2.39. The van der Waals surface area contributed by atoms with E-state index in [2.05, 4.69) is 29.4 Å². The molecule has 5 nitrogen and oxygen atoms in total. The highest BCUT2D eigenvalue weighted by Crippen LogP contribution is 2.23. The summed E-state index contributed by atoms with van der Waals surface area (Å²) in [6.07, 6.45) is 1.97. The van der Waals surface area contributed by atoms with Gasteiger partial charge in [-0.3, -0.25) is 0 Å². The SMILES string of the molecule is Cc1cccc(-c2cn(CC3COC(C)(C)O3)nn2)c1. The van der Waals surface area contributed by atoms with E-state index in [0.29, 0.717) is 13.2 Å². The van der Waals surface area contributed by atoms with Gasteiger partial charge in [0.1, 0.15) is 11.8 Å². The van der Waals surface area contributed by atoms with E-state index in [1.807, 2.05) is 36.9 Å². The number of rotatable bonds is 3. The zero-order valence-electron chi connectivity index (χ0n) is 12.0. The Balaban J connectivity index is 1.71. The first-order chi connectivity index (χ1) is 9.52. The number of hydrogen-bond acceptors (Lipinski definition) is 4. The molecule has 106 valence electrons. The van der Waals surface area contributed by atoms with Crippen LogP contribution in [0.5, 0.6) is 0 Å². The minimum Gasteiger partial charge on any atom is -0.348 e. The molecule has 0 N–H and O–H groups in total. The Kier molecular flexibility index (Phi) is 3.31. The van der Waals surface area contributed by atoms with Gasteiger partial charge in [-0.25, -0.2) is 4.68 Å². The normalized spacial score (nSPS) is 21.2. The summed E-state index contributed by atoms with van der Waals surface area (Å²) >= 11 is 0. The van der Waals surface area contributed by atoms with Crippen LogP contribution >= 0.6 is 0 Å². The van der Waals surface area contributed by atoms with Crippen molar-refractivity contribution in [3.8, 4) is 11.3 Å². The maximum absolute atomic E-state index is 5.78. The van der Waals surface area contributed by atoms with Crippen molar-refractivity contribution < 1.29 is 9.47 Å². The summed E-state index contributed by atoms with van der Waals surface area (Å²) in [7, 11) is 0. The van der Waals surface area contributed by atoms with E-state index in [0.717, 1.165) is 11.3 Å². The molecule has 0 saturated carbocycles. The van der Waals surface area contributed by atoms with Gasteiger partial charge in [0.15, 0.2) is 5.79 Å². The summed E-state index contributed by atoms with van der Waals surface area (Å²) < 4.78 is 13.1. The molecule has 2 heterocycles. The Hall–Kier alpha value is -1.72. The fraction of sp³-hybridized carbons (Fsp3) is 0.467. The monoisotopic (exact) mass is 273 g/mol. The molecule has 1 aliphatic heterocycles. The number of benzene rings is 1. The van der Waals surface area contributed by atoms with Gasteiger partial charge in [0.25, 0.3) is 0 Å². The van der Waals surface area contributed by atoms with Gasteiger partial charge in [-0.05, 0) is 26.8 Å². The molecule has 0 amide bonds. The second kappa shape index (κ2) is 5.00. The Labute approximate surface area is 118 Å². The van der Waals surface area contributed by atoms with Crippen molar-refractivity contribution in [2.24, 2.45) is 0 Å². The third kappa shape index (κ3) is 2.89. The van der Waals surface area contributed by atoms with Crippen LogP contribution in [-0.2, 0) is 16.0 Å². The van der Waals surface area contributed by atoms with Crippen molar-refractivity contribution in [1.82, 2.24) is 15.0 Å². The van der Waals surface area contributed by atoms with Crippen LogP contribution in [0.25, 0.3) is 11.3 Å². The lowest BCUT2D eigenvalue weighted by molar-refractivity contribution is -0.139. The molecule has 1 aromatic heterocycles. The molecule has 1 aliphatic rings. The van der Waals surface area contributed by atoms with Crippen LogP contribution in [0, 0.1) is 6.92 Å².